The lowest BCUT2D eigenvalue weighted by molar-refractivity contribution is 0.311. The molecule has 1 aliphatic carbocycles. The number of hydrogen-bond donors (Lipinski definition) is 0. The summed E-state index contributed by atoms with van der Waals surface area (Å²) >= 11 is 0. The summed E-state index contributed by atoms with van der Waals surface area (Å²) in [6.45, 7) is 1.24. The molecule has 1 aliphatic heterocycles. The van der Waals surface area contributed by atoms with Crippen LogP contribution in [0.25, 0.3) is 5.65 Å². The van der Waals surface area contributed by atoms with E-state index < -0.39 is 10.0 Å². The summed E-state index contributed by atoms with van der Waals surface area (Å²) in [6.07, 6.45) is 9.04. The van der Waals surface area contributed by atoms with Crippen molar-refractivity contribution < 1.29 is 8.42 Å². The van der Waals surface area contributed by atoms with E-state index in [0.29, 0.717) is 19.0 Å². The fourth-order valence-electron chi connectivity index (χ4n) is 3.97. The first-order valence-corrected chi connectivity index (χ1v) is 9.94. The standard InChI is InChI=1S/C16H22N4O2S/c21-23(22,14-3-1-2-4-14)19-11-7-13(8-12-19)15-5-9-17-16-6-10-18-20(15)16/h5-6,9-10,13-14H,1-4,7-8,11-12H2. The van der Waals surface area contributed by atoms with Crippen molar-refractivity contribution in [1.82, 2.24) is 18.9 Å². The molecule has 0 amide bonds. The van der Waals surface area contributed by atoms with Gasteiger partial charge in [-0.05, 0) is 31.7 Å². The van der Waals surface area contributed by atoms with Gasteiger partial charge in [-0.3, -0.25) is 0 Å². The van der Waals surface area contributed by atoms with Crippen molar-refractivity contribution in [2.75, 3.05) is 13.1 Å². The molecule has 3 heterocycles. The molecule has 2 aromatic rings. The largest absolute Gasteiger partial charge is 0.237 e. The van der Waals surface area contributed by atoms with Crippen molar-refractivity contribution in [2.45, 2.75) is 49.7 Å². The lowest BCUT2D eigenvalue weighted by Crippen LogP contribution is -2.42. The minimum absolute atomic E-state index is 0.141. The molecule has 1 saturated carbocycles. The molecule has 2 aromatic heterocycles. The Kier molecular flexibility index (Phi) is 3.85. The molecule has 2 fully saturated rings. The van der Waals surface area contributed by atoms with Crippen LogP contribution in [0, 0.1) is 0 Å². The molecule has 0 aromatic carbocycles. The van der Waals surface area contributed by atoms with E-state index in [1.54, 1.807) is 10.5 Å². The molecule has 0 atom stereocenters. The van der Waals surface area contributed by atoms with Crippen molar-refractivity contribution in [1.29, 1.82) is 0 Å². The Morgan fingerprint density at radius 2 is 1.74 bits per heavy atom. The Hall–Kier alpha value is -1.47. The molecule has 7 heteroatoms. The van der Waals surface area contributed by atoms with E-state index in [0.717, 1.165) is 49.9 Å². The van der Waals surface area contributed by atoms with Gasteiger partial charge in [0.15, 0.2) is 5.65 Å². The van der Waals surface area contributed by atoms with Crippen LogP contribution in [0.2, 0.25) is 0 Å². The summed E-state index contributed by atoms with van der Waals surface area (Å²) in [6, 6.07) is 3.90. The second-order valence-corrected chi connectivity index (χ2v) is 8.81. The van der Waals surface area contributed by atoms with Crippen LogP contribution in [0.4, 0.5) is 0 Å². The van der Waals surface area contributed by atoms with Gasteiger partial charge < -0.3 is 0 Å². The number of rotatable bonds is 3. The lowest BCUT2D eigenvalue weighted by Gasteiger charge is -2.33. The van der Waals surface area contributed by atoms with Crippen LogP contribution in [-0.4, -0.2) is 45.7 Å². The smallest absolute Gasteiger partial charge is 0.216 e. The molecule has 6 nitrogen and oxygen atoms in total. The number of fused-ring (bicyclic) bond motifs is 1. The minimum atomic E-state index is -3.10. The summed E-state index contributed by atoms with van der Waals surface area (Å²) in [5, 5.41) is 4.21. The van der Waals surface area contributed by atoms with Gasteiger partial charge in [0.05, 0.1) is 11.4 Å². The van der Waals surface area contributed by atoms with Gasteiger partial charge in [-0.2, -0.15) is 5.10 Å². The first kappa shape index (κ1) is 15.1. The van der Waals surface area contributed by atoms with Gasteiger partial charge in [0.1, 0.15) is 0 Å². The predicted octanol–water partition coefficient (Wildman–Crippen LogP) is 2.18. The highest BCUT2D eigenvalue weighted by Gasteiger charge is 2.36. The molecule has 0 unspecified atom stereocenters. The Morgan fingerprint density at radius 3 is 2.48 bits per heavy atom. The summed E-state index contributed by atoms with van der Waals surface area (Å²) in [5.74, 6) is 0.343. The maximum absolute atomic E-state index is 12.7. The molecule has 0 N–H and O–H groups in total. The topological polar surface area (TPSA) is 67.6 Å². The molecule has 124 valence electrons. The van der Waals surface area contributed by atoms with Crippen LogP contribution in [0.1, 0.15) is 50.1 Å². The maximum Gasteiger partial charge on any atom is 0.216 e. The number of sulfonamides is 1. The quantitative estimate of drug-likeness (QED) is 0.863. The fraction of sp³-hybridized carbons (Fsp3) is 0.625. The zero-order chi connectivity index (χ0) is 15.9. The van der Waals surface area contributed by atoms with E-state index in [1.807, 2.05) is 22.8 Å². The van der Waals surface area contributed by atoms with E-state index in [4.69, 9.17) is 0 Å². The third-order valence-electron chi connectivity index (χ3n) is 5.27. The van der Waals surface area contributed by atoms with Gasteiger partial charge >= 0.3 is 0 Å². The number of piperidine rings is 1. The van der Waals surface area contributed by atoms with Gasteiger partial charge in [-0.15, -0.1) is 0 Å². The SMILES string of the molecule is O=S(=O)(C1CCCC1)N1CCC(c2ccnc3ccnn23)CC1. The molecular weight excluding hydrogens is 312 g/mol. The highest BCUT2D eigenvalue weighted by Crippen LogP contribution is 2.33. The van der Waals surface area contributed by atoms with Crippen LogP contribution in [-0.2, 0) is 10.0 Å². The van der Waals surface area contributed by atoms with Crippen molar-refractivity contribution in [3.63, 3.8) is 0 Å². The Labute approximate surface area is 136 Å². The van der Waals surface area contributed by atoms with E-state index in [1.165, 1.54) is 0 Å². The third-order valence-corrected chi connectivity index (χ3v) is 7.67. The maximum atomic E-state index is 12.7. The molecule has 0 spiro atoms. The first-order valence-electron chi connectivity index (χ1n) is 8.44. The molecule has 2 aliphatic rings. The molecule has 0 radical (unpaired) electrons. The van der Waals surface area contributed by atoms with Gasteiger partial charge in [0, 0.05) is 37.0 Å². The zero-order valence-electron chi connectivity index (χ0n) is 13.1. The monoisotopic (exact) mass is 334 g/mol. The highest BCUT2D eigenvalue weighted by molar-refractivity contribution is 7.89. The first-order chi connectivity index (χ1) is 11.2. The number of nitrogens with zero attached hydrogens (tertiary/aromatic N) is 4. The van der Waals surface area contributed by atoms with E-state index >= 15 is 0 Å². The normalized spacial score (nSPS) is 22.1. The van der Waals surface area contributed by atoms with Crippen molar-refractivity contribution >= 4 is 15.7 Å². The molecule has 0 bridgehead atoms. The number of aromatic nitrogens is 3. The predicted molar refractivity (Wildman–Crippen MR) is 87.7 cm³/mol. The van der Waals surface area contributed by atoms with E-state index in [2.05, 4.69) is 10.1 Å². The molecule has 1 saturated heterocycles. The van der Waals surface area contributed by atoms with Crippen LogP contribution in [0.5, 0.6) is 0 Å². The Morgan fingerprint density at radius 1 is 1.00 bits per heavy atom. The van der Waals surface area contributed by atoms with Gasteiger partial charge in [0.2, 0.25) is 10.0 Å². The van der Waals surface area contributed by atoms with Crippen LogP contribution in [0.3, 0.4) is 0 Å². The summed E-state index contributed by atoms with van der Waals surface area (Å²) < 4.78 is 29.0. The van der Waals surface area contributed by atoms with Gasteiger partial charge in [-0.25, -0.2) is 22.2 Å². The second-order valence-electron chi connectivity index (χ2n) is 6.60. The van der Waals surface area contributed by atoms with Gasteiger partial charge in [-0.1, -0.05) is 12.8 Å². The summed E-state index contributed by atoms with van der Waals surface area (Å²) in [7, 11) is -3.10. The Balaban J connectivity index is 1.50. The average molecular weight is 334 g/mol. The lowest BCUT2D eigenvalue weighted by atomic mass is 9.94. The third kappa shape index (κ3) is 2.65. The van der Waals surface area contributed by atoms with Crippen molar-refractivity contribution in [2.24, 2.45) is 0 Å². The minimum Gasteiger partial charge on any atom is -0.237 e. The highest BCUT2D eigenvalue weighted by atomic mass is 32.2. The second kappa shape index (κ2) is 5.87. The van der Waals surface area contributed by atoms with E-state index in [9.17, 15) is 8.42 Å². The van der Waals surface area contributed by atoms with Crippen molar-refractivity contribution in [3.05, 3.63) is 30.2 Å². The van der Waals surface area contributed by atoms with E-state index in [-0.39, 0.29) is 5.25 Å². The molecular formula is C16H22N4O2S. The van der Waals surface area contributed by atoms with Crippen molar-refractivity contribution in [3.8, 4) is 0 Å². The zero-order valence-corrected chi connectivity index (χ0v) is 14.0. The van der Waals surface area contributed by atoms with Gasteiger partial charge in [0.25, 0.3) is 0 Å². The van der Waals surface area contributed by atoms with Crippen LogP contribution >= 0.6 is 0 Å². The molecule has 4 rings (SSSR count). The fourth-order valence-corrected chi connectivity index (χ4v) is 6.04. The Bertz CT molecular complexity index is 787. The average Bonchev–Trinajstić information content (AvgIpc) is 3.26. The summed E-state index contributed by atoms with van der Waals surface area (Å²) in [5.41, 5.74) is 1.99. The molecule has 23 heavy (non-hydrogen) atoms. The number of hydrogen-bond acceptors (Lipinski definition) is 4. The van der Waals surface area contributed by atoms with Crippen LogP contribution in [0.15, 0.2) is 24.5 Å². The van der Waals surface area contributed by atoms with Crippen LogP contribution < -0.4 is 0 Å². The summed E-state index contributed by atoms with van der Waals surface area (Å²) in [4.78, 5) is 4.30.